The molecule has 5 heteroatoms. The van der Waals surface area contributed by atoms with Crippen molar-refractivity contribution in [3.05, 3.63) is 29.6 Å². The highest BCUT2D eigenvalue weighted by Crippen LogP contribution is 2.19. The van der Waals surface area contributed by atoms with Crippen LogP contribution in [0.4, 0.5) is 0 Å². The smallest absolute Gasteiger partial charge is 0.270 e. The number of aromatic nitrogens is 1. The van der Waals surface area contributed by atoms with Crippen molar-refractivity contribution >= 4 is 11.8 Å². The molecule has 0 spiro atoms. The van der Waals surface area contributed by atoms with Gasteiger partial charge in [-0.2, -0.15) is 0 Å². The summed E-state index contributed by atoms with van der Waals surface area (Å²) < 4.78 is 0. The van der Waals surface area contributed by atoms with E-state index < -0.39 is 0 Å². The van der Waals surface area contributed by atoms with Gasteiger partial charge in [-0.1, -0.05) is 18.9 Å². The second-order valence-corrected chi connectivity index (χ2v) is 5.61. The molecule has 5 nitrogen and oxygen atoms in total. The molecule has 1 aromatic heterocycles. The first kappa shape index (κ1) is 13.1. The Hall–Kier alpha value is -1.91. The Labute approximate surface area is 118 Å². The van der Waals surface area contributed by atoms with Gasteiger partial charge < -0.3 is 10.6 Å². The Balaban J connectivity index is 1.66. The zero-order chi connectivity index (χ0) is 13.9. The molecule has 2 amide bonds. The number of nitrogens with zero attached hydrogens (tertiary/aromatic N) is 1. The van der Waals surface area contributed by atoms with Crippen LogP contribution in [0, 0.1) is 0 Å². The second-order valence-electron chi connectivity index (χ2n) is 5.61. The number of nitrogens with one attached hydrogen (secondary N) is 2. The highest BCUT2D eigenvalue weighted by Gasteiger charge is 2.25. The molecule has 3 rings (SSSR count). The summed E-state index contributed by atoms with van der Waals surface area (Å²) >= 11 is 0. The second kappa shape index (κ2) is 5.61. The number of hydrogen-bond acceptors (Lipinski definition) is 3. The van der Waals surface area contributed by atoms with Gasteiger partial charge in [0.05, 0.1) is 0 Å². The van der Waals surface area contributed by atoms with E-state index in [1.807, 2.05) is 0 Å². The maximum Gasteiger partial charge on any atom is 0.270 e. The molecular formula is C15H19N3O2. The summed E-state index contributed by atoms with van der Waals surface area (Å²) in [6.45, 7) is 0. The number of hydrogen-bond donors (Lipinski definition) is 2. The number of amides is 2. The zero-order valence-electron chi connectivity index (χ0n) is 11.4. The lowest BCUT2D eigenvalue weighted by molar-refractivity contribution is 0.0931. The van der Waals surface area contributed by atoms with Crippen molar-refractivity contribution in [3.8, 4) is 0 Å². The molecule has 1 heterocycles. The van der Waals surface area contributed by atoms with Crippen LogP contribution < -0.4 is 10.6 Å². The van der Waals surface area contributed by atoms with Crippen LogP contribution in [-0.2, 0) is 0 Å². The monoisotopic (exact) mass is 273 g/mol. The maximum atomic E-state index is 12.1. The molecule has 0 aromatic carbocycles. The Morgan fingerprint density at radius 1 is 0.900 bits per heavy atom. The number of carbonyl (C=O) groups excluding carboxylic acids is 2. The van der Waals surface area contributed by atoms with Crippen LogP contribution in [-0.4, -0.2) is 28.9 Å². The Kier molecular flexibility index (Phi) is 3.67. The van der Waals surface area contributed by atoms with E-state index in [1.54, 1.807) is 18.2 Å². The van der Waals surface area contributed by atoms with Crippen molar-refractivity contribution in [2.75, 3.05) is 0 Å². The fourth-order valence-electron chi connectivity index (χ4n) is 2.50. The van der Waals surface area contributed by atoms with E-state index in [0.717, 1.165) is 25.7 Å². The highest BCUT2D eigenvalue weighted by atomic mass is 16.2. The van der Waals surface area contributed by atoms with Crippen LogP contribution in [0.3, 0.4) is 0 Å². The van der Waals surface area contributed by atoms with Gasteiger partial charge in [0.25, 0.3) is 11.8 Å². The van der Waals surface area contributed by atoms with E-state index in [0.29, 0.717) is 17.4 Å². The van der Waals surface area contributed by atoms with Gasteiger partial charge in [0.15, 0.2) is 0 Å². The van der Waals surface area contributed by atoms with Crippen molar-refractivity contribution in [2.24, 2.45) is 0 Å². The summed E-state index contributed by atoms with van der Waals surface area (Å²) in [5, 5.41) is 5.86. The van der Waals surface area contributed by atoms with Crippen molar-refractivity contribution in [3.63, 3.8) is 0 Å². The van der Waals surface area contributed by atoms with Crippen molar-refractivity contribution < 1.29 is 9.59 Å². The van der Waals surface area contributed by atoms with E-state index in [4.69, 9.17) is 0 Å². The van der Waals surface area contributed by atoms with Crippen molar-refractivity contribution in [2.45, 2.75) is 50.6 Å². The van der Waals surface area contributed by atoms with Gasteiger partial charge in [-0.3, -0.25) is 9.59 Å². The zero-order valence-corrected chi connectivity index (χ0v) is 11.4. The molecule has 0 radical (unpaired) electrons. The predicted octanol–water partition coefficient (Wildman–Crippen LogP) is 1.65. The first-order valence-corrected chi connectivity index (χ1v) is 7.31. The minimum Gasteiger partial charge on any atom is -0.348 e. The number of pyridine rings is 1. The van der Waals surface area contributed by atoms with Crippen LogP contribution in [0.1, 0.15) is 59.5 Å². The van der Waals surface area contributed by atoms with Crippen molar-refractivity contribution in [1.29, 1.82) is 0 Å². The van der Waals surface area contributed by atoms with Crippen LogP contribution in [0.25, 0.3) is 0 Å². The van der Waals surface area contributed by atoms with Gasteiger partial charge in [-0.15, -0.1) is 0 Å². The number of carbonyl (C=O) groups is 2. The molecule has 0 unspecified atom stereocenters. The lowest BCUT2D eigenvalue weighted by Gasteiger charge is -2.11. The molecule has 0 saturated heterocycles. The van der Waals surface area contributed by atoms with E-state index in [9.17, 15) is 9.59 Å². The Morgan fingerprint density at radius 2 is 1.40 bits per heavy atom. The van der Waals surface area contributed by atoms with Gasteiger partial charge in [-0.25, -0.2) is 4.98 Å². The van der Waals surface area contributed by atoms with E-state index in [2.05, 4.69) is 15.6 Å². The average Bonchev–Trinajstić information content (AvgIpc) is 3.12. The largest absolute Gasteiger partial charge is 0.348 e. The van der Waals surface area contributed by atoms with Crippen LogP contribution in [0.15, 0.2) is 18.2 Å². The standard InChI is InChI=1S/C15H19N3O2/c19-14(16-10-4-1-2-5-10)12-6-3-7-13(18-12)15(20)17-11-8-9-11/h3,6-7,10-11H,1-2,4-5,8-9H2,(H,16,19)(H,17,20). The van der Waals surface area contributed by atoms with Gasteiger partial charge in [0, 0.05) is 12.1 Å². The van der Waals surface area contributed by atoms with Crippen molar-refractivity contribution in [1.82, 2.24) is 15.6 Å². The first-order valence-electron chi connectivity index (χ1n) is 7.31. The molecule has 0 atom stereocenters. The maximum absolute atomic E-state index is 12.1. The summed E-state index contributed by atoms with van der Waals surface area (Å²) in [5.41, 5.74) is 0.635. The average molecular weight is 273 g/mol. The van der Waals surface area contributed by atoms with Crippen LogP contribution in [0.5, 0.6) is 0 Å². The predicted molar refractivity (Wildman–Crippen MR) is 74.4 cm³/mol. The third-order valence-corrected chi connectivity index (χ3v) is 3.82. The van der Waals surface area contributed by atoms with Gasteiger partial charge >= 0.3 is 0 Å². The Bertz CT molecular complexity index is 520. The third kappa shape index (κ3) is 3.15. The molecule has 106 valence electrons. The lowest BCUT2D eigenvalue weighted by atomic mass is 10.2. The highest BCUT2D eigenvalue weighted by molar-refractivity contribution is 5.96. The molecule has 2 fully saturated rings. The quantitative estimate of drug-likeness (QED) is 0.876. The van der Waals surface area contributed by atoms with E-state index in [-0.39, 0.29) is 17.9 Å². The van der Waals surface area contributed by atoms with E-state index in [1.165, 1.54) is 12.8 Å². The van der Waals surface area contributed by atoms with Crippen LogP contribution in [0.2, 0.25) is 0 Å². The third-order valence-electron chi connectivity index (χ3n) is 3.82. The minimum atomic E-state index is -0.192. The minimum absolute atomic E-state index is 0.182. The molecule has 2 saturated carbocycles. The molecule has 2 aliphatic rings. The molecule has 2 aliphatic carbocycles. The first-order chi connectivity index (χ1) is 9.72. The summed E-state index contributed by atoms with van der Waals surface area (Å²) in [6, 6.07) is 5.55. The topological polar surface area (TPSA) is 71.1 Å². The van der Waals surface area contributed by atoms with Gasteiger partial charge in [0.1, 0.15) is 11.4 Å². The number of rotatable bonds is 4. The van der Waals surface area contributed by atoms with Crippen LogP contribution >= 0.6 is 0 Å². The summed E-state index contributed by atoms with van der Waals surface area (Å²) in [4.78, 5) is 28.2. The SMILES string of the molecule is O=C(NC1CCCC1)c1cccc(C(=O)NC2CC2)n1. The molecular weight excluding hydrogens is 254 g/mol. The lowest BCUT2D eigenvalue weighted by Crippen LogP contribution is -2.34. The summed E-state index contributed by atoms with van der Waals surface area (Å²) in [6.07, 6.45) is 6.48. The molecule has 0 aliphatic heterocycles. The van der Waals surface area contributed by atoms with E-state index >= 15 is 0 Å². The normalized spacial score (nSPS) is 18.8. The fourth-order valence-corrected chi connectivity index (χ4v) is 2.50. The fraction of sp³-hybridized carbons (Fsp3) is 0.533. The molecule has 20 heavy (non-hydrogen) atoms. The molecule has 2 N–H and O–H groups in total. The summed E-state index contributed by atoms with van der Waals surface area (Å²) in [7, 11) is 0. The summed E-state index contributed by atoms with van der Waals surface area (Å²) in [5.74, 6) is -0.374. The van der Waals surface area contributed by atoms with Gasteiger partial charge in [0.2, 0.25) is 0 Å². The molecule has 1 aromatic rings. The Morgan fingerprint density at radius 3 is 1.90 bits per heavy atom. The molecule has 0 bridgehead atoms. The van der Waals surface area contributed by atoms with Gasteiger partial charge in [-0.05, 0) is 37.8 Å².